The lowest BCUT2D eigenvalue weighted by atomic mass is 10.0. The summed E-state index contributed by atoms with van der Waals surface area (Å²) in [7, 11) is 0. The molecule has 1 unspecified atom stereocenters. The van der Waals surface area contributed by atoms with E-state index in [2.05, 4.69) is 33.4 Å². The molecule has 1 atom stereocenters. The number of nitrogens with zero attached hydrogens (tertiary/aromatic N) is 4. The topological polar surface area (TPSA) is 71.7 Å². The molecule has 0 aliphatic carbocycles. The third-order valence-electron chi connectivity index (χ3n) is 5.90. The van der Waals surface area contributed by atoms with E-state index < -0.39 is 0 Å². The highest BCUT2D eigenvalue weighted by atomic mass is 32.1. The lowest BCUT2D eigenvalue weighted by Gasteiger charge is -2.42. The molecule has 0 bridgehead atoms. The minimum absolute atomic E-state index is 0.113. The lowest BCUT2D eigenvalue weighted by molar-refractivity contribution is -0.135. The van der Waals surface area contributed by atoms with Crippen LogP contribution in [0.1, 0.15) is 28.5 Å². The molecule has 2 heterocycles. The SMILES string of the molecule is Cc1ccccc1N/C(=N/C#N)N1CCN(C(=O)CCc2cccs2)C(c2ccccc2)C1. The van der Waals surface area contributed by atoms with Crippen LogP contribution in [0, 0.1) is 18.4 Å². The number of nitriles is 1. The summed E-state index contributed by atoms with van der Waals surface area (Å²) >= 11 is 1.69. The van der Waals surface area contributed by atoms with E-state index >= 15 is 0 Å². The Morgan fingerprint density at radius 3 is 2.64 bits per heavy atom. The molecular formula is C26H27N5OS. The first-order valence-electron chi connectivity index (χ1n) is 11.1. The predicted molar refractivity (Wildman–Crippen MR) is 133 cm³/mol. The van der Waals surface area contributed by atoms with Crippen molar-refractivity contribution in [2.75, 3.05) is 25.0 Å². The van der Waals surface area contributed by atoms with Gasteiger partial charge in [-0.05, 0) is 42.0 Å². The van der Waals surface area contributed by atoms with Gasteiger partial charge < -0.3 is 15.1 Å². The van der Waals surface area contributed by atoms with E-state index in [-0.39, 0.29) is 11.9 Å². The highest BCUT2D eigenvalue weighted by Crippen LogP contribution is 2.27. The van der Waals surface area contributed by atoms with Crippen molar-refractivity contribution in [2.24, 2.45) is 4.99 Å². The number of carbonyl (C=O) groups is 1. The summed E-state index contributed by atoms with van der Waals surface area (Å²) < 4.78 is 0. The average molecular weight is 458 g/mol. The highest BCUT2D eigenvalue weighted by molar-refractivity contribution is 7.09. The minimum Gasteiger partial charge on any atom is -0.338 e. The van der Waals surface area contributed by atoms with Crippen LogP contribution in [0.5, 0.6) is 0 Å². The number of anilines is 1. The van der Waals surface area contributed by atoms with Gasteiger partial charge in [-0.3, -0.25) is 4.79 Å². The molecule has 33 heavy (non-hydrogen) atoms. The standard InChI is InChI=1S/C26H27N5OS/c1-20-8-5-6-12-23(20)29-26(28-19-27)30-15-16-31(24(18-30)21-9-3-2-4-10-21)25(32)14-13-22-11-7-17-33-22/h2-12,17,24H,13-16,18H2,1H3,(H,28,29). The van der Waals surface area contributed by atoms with E-state index in [9.17, 15) is 10.1 Å². The first kappa shape index (κ1) is 22.6. The fraction of sp³-hybridized carbons (Fsp3) is 0.269. The molecule has 1 N–H and O–H groups in total. The number of aryl methyl sites for hydroxylation is 2. The Labute approximate surface area is 198 Å². The van der Waals surface area contributed by atoms with E-state index in [4.69, 9.17) is 0 Å². The molecule has 1 amide bonds. The average Bonchev–Trinajstić information content (AvgIpc) is 3.37. The van der Waals surface area contributed by atoms with Crippen molar-refractivity contribution < 1.29 is 4.79 Å². The van der Waals surface area contributed by atoms with Gasteiger partial charge in [-0.2, -0.15) is 5.26 Å². The number of aliphatic imine (C=N–C) groups is 1. The van der Waals surface area contributed by atoms with Gasteiger partial charge in [0.25, 0.3) is 0 Å². The Bertz CT molecular complexity index is 1140. The Morgan fingerprint density at radius 1 is 1.12 bits per heavy atom. The van der Waals surface area contributed by atoms with Gasteiger partial charge in [-0.25, -0.2) is 0 Å². The van der Waals surface area contributed by atoms with Crippen LogP contribution in [0.2, 0.25) is 0 Å². The third-order valence-corrected chi connectivity index (χ3v) is 6.83. The zero-order valence-electron chi connectivity index (χ0n) is 18.6. The van der Waals surface area contributed by atoms with E-state index in [0.29, 0.717) is 32.0 Å². The molecule has 1 aliphatic heterocycles. The van der Waals surface area contributed by atoms with Gasteiger partial charge in [0.15, 0.2) is 0 Å². The quantitative estimate of drug-likeness (QED) is 0.339. The maximum Gasteiger partial charge on any atom is 0.223 e. The molecule has 1 aromatic heterocycles. The van der Waals surface area contributed by atoms with Gasteiger partial charge in [0.1, 0.15) is 0 Å². The minimum atomic E-state index is -0.113. The summed E-state index contributed by atoms with van der Waals surface area (Å²) in [6, 6.07) is 22.0. The number of hydrogen-bond acceptors (Lipinski definition) is 4. The molecule has 7 heteroatoms. The van der Waals surface area contributed by atoms with Crippen molar-refractivity contribution in [3.05, 3.63) is 88.1 Å². The maximum absolute atomic E-state index is 13.2. The van der Waals surface area contributed by atoms with E-state index in [0.717, 1.165) is 23.2 Å². The number of carbonyl (C=O) groups excluding carboxylic acids is 1. The molecule has 0 saturated carbocycles. The fourth-order valence-electron chi connectivity index (χ4n) is 4.12. The summed E-state index contributed by atoms with van der Waals surface area (Å²) in [6.45, 7) is 3.76. The van der Waals surface area contributed by atoms with Gasteiger partial charge in [0.05, 0.1) is 6.04 Å². The molecule has 1 saturated heterocycles. The summed E-state index contributed by atoms with van der Waals surface area (Å²) in [5.41, 5.74) is 3.07. The van der Waals surface area contributed by atoms with Crippen molar-refractivity contribution in [3.8, 4) is 6.19 Å². The number of thiophene rings is 1. The Morgan fingerprint density at radius 2 is 1.91 bits per heavy atom. The molecule has 1 aliphatic rings. The largest absolute Gasteiger partial charge is 0.338 e. The molecule has 6 nitrogen and oxygen atoms in total. The first-order valence-corrected chi connectivity index (χ1v) is 11.9. The molecule has 4 rings (SSSR count). The van der Waals surface area contributed by atoms with Crippen LogP contribution in [0.3, 0.4) is 0 Å². The molecule has 0 spiro atoms. The zero-order chi connectivity index (χ0) is 23.0. The van der Waals surface area contributed by atoms with Crippen LogP contribution in [0.15, 0.2) is 77.1 Å². The van der Waals surface area contributed by atoms with Crippen LogP contribution in [-0.2, 0) is 11.2 Å². The van der Waals surface area contributed by atoms with Crippen molar-refractivity contribution in [1.82, 2.24) is 9.80 Å². The number of piperazine rings is 1. The lowest BCUT2D eigenvalue weighted by Crippen LogP contribution is -2.53. The molecule has 3 aromatic rings. The summed E-state index contributed by atoms with van der Waals surface area (Å²) in [4.78, 5) is 22.6. The van der Waals surface area contributed by atoms with E-state index in [1.807, 2.05) is 71.9 Å². The van der Waals surface area contributed by atoms with Crippen LogP contribution >= 0.6 is 11.3 Å². The summed E-state index contributed by atoms with van der Waals surface area (Å²) in [5.74, 6) is 0.668. The van der Waals surface area contributed by atoms with Gasteiger partial charge in [-0.1, -0.05) is 54.6 Å². The Balaban J connectivity index is 1.54. The van der Waals surface area contributed by atoms with Crippen LogP contribution < -0.4 is 5.32 Å². The van der Waals surface area contributed by atoms with Gasteiger partial charge in [0, 0.05) is 36.6 Å². The van der Waals surface area contributed by atoms with Gasteiger partial charge >= 0.3 is 0 Å². The smallest absolute Gasteiger partial charge is 0.223 e. The van der Waals surface area contributed by atoms with Gasteiger partial charge in [-0.15, -0.1) is 16.3 Å². The third kappa shape index (κ3) is 5.60. The molecule has 0 radical (unpaired) electrons. The van der Waals surface area contributed by atoms with Crippen molar-refractivity contribution in [3.63, 3.8) is 0 Å². The first-order chi connectivity index (χ1) is 16.2. The second-order valence-electron chi connectivity index (χ2n) is 8.01. The fourth-order valence-corrected chi connectivity index (χ4v) is 4.83. The van der Waals surface area contributed by atoms with Crippen molar-refractivity contribution in [1.29, 1.82) is 5.26 Å². The monoisotopic (exact) mass is 457 g/mol. The zero-order valence-corrected chi connectivity index (χ0v) is 19.5. The summed E-state index contributed by atoms with van der Waals surface area (Å²) in [5, 5.41) is 14.7. The number of nitrogens with one attached hydrogen (secondary N) is 1. The number of para-hydroxylation sites is 1. The second kappa shape index (κ2) is 10.8. The van der Waals surface area contributed by atoms with E-state index in [1.54, 1.807) is 11.3 Å². The van der Waals surface area contributed by atoms with Crippen LogP contribution in [-0.4, -0.2) is 41.3 Å². The number of hydrogen-bond donors (Lipinski definition) is 1. The van der Waals surface area contributed by atoms with Crippen molar-refractivity contribution in [2.45, 2.75) is 25.8 Å². The molecular weight excluding hydrogens is 430 g/mol. The van der Waals surface area contributed by atoms with E-state index in [1.165, 1.54) is 4.88 Å². The van der Waals surface area contributed by atoms with Crippen molar-refractivity contribution >= 4 is 28.9 Å². The summed E-state index contributed by atoms with van der Waals surface area (Å²) in [6.07, 6.45) is 3.18. The highest BCUT2D eigenvalue weighted by Gasteiger charge is 2.33. The maximum atomic E-state index is 13.2. The normalized spacial score (nSPS) is 16.4. The predicted octanol–water partition coefficient (Wildman–Crippen LogP) is 4.82. The number of amides is 1. The number of guanidine groups is 1. The van der Waals surface area contributed by atoms with Gasteiger partial charge in [0.2, 0.25) is 18.1 Å². The number of benzene rings is 2. The molecule has 1 fully saturated rings. The number of rotatable bonds is 5. The Hall–Kier alpha value is -3.63. The molecule has 2 aromatic carbocycles. The van der Waals surface area contributed by atoms with Crippen LogP contribution in [0.4, 0.5) is 5.69 Å². The van der Waals surface area contributed by atoms with Crippen LogP contribution in [0.25, 0.3) is 0 Å². The second-order valence-corrected chi connectivity index (χ2v) is 9.05. The Kier molecular flexibility index (Phi) is 7.38. The molecule has 168 valence electrons.